The van der Waals surface area contributed by atoms with Crippen molar-refractivity contribution in [1.82, 2.24) is 0 Å². The summed E-state index contributed by atoms with van der Waals surface area (Å²) in [6, 6.07) is 8.86. The second-order valence-electron chi connectivity index (χ2n) is 2.23. The van der Waals surface area contributed by atoms with E-state index in [4.69, 9.17) is 4.55 Å². The molecule has 0 heterocycles. The van der Waals surface area contributed by atoms with Gasteiger partial charge in [0.05, 0.1) is 5.41 Å². The van der Waals surface area contributed by atoms with E-state index in [0.717, 1.165) is 11.0 Å². The van der Waals surface area contributed by atoms with Gasteiger partial charge in [0, 0.05) is 0 Å². The van der Waals surface area contributed by atoms with Crippen molar-refractivity contribution in [3.05, 3.63) is 41.3 Å². The second-order valence-corrected chi connectivity index (χ2v) is 3.53. The van der Waals surface area contributed by atoms with Crippen molar-refractivity contribution < 1.29 is 15.8 Å². The van der Waals surface area contributed by atoms with Crippen LogP contribution in [0, 0.1) is 0 Å². The molecule has 1 aromatic carbocycles. The van der Waals surface area contributed by atoms with E-state index >= 15 is 0 Å². The molecule has 3 nitrogen and oxygen atoms in total. The summed E-state index contributed by atoms with van der Waals surface area (Å²) in [5.41, 5.74) is 0.732. The van der Waals surface area contributed by atoms with Crippen LogP contribution in [0.5, 0.6) is 0 Å². The maximum atomic E-state index is 10.3. The average molecular weight is 226 g/mol. The summed E-state index contributed by atoms with van der Waals surface area (Å²) in [5, 5.41) is 0.752. The second kappa shape index (κ2) is 5.78. The van der Waals surface area contributed by atoms with Gasteiger partial charge < -0.3 is 2.85 Å². The van der Waals surface area contributed by atoms with Crippen LogP contribution in [0.25, 0.3) is 6.08 Å². The number of benzene rings is 1. The Kier molecular flexibility index (Phi) is 5.83. The molecule has 1 rings (SSSR count). The van der Waals surface area contributed by atoms with Gasteiger partial charge in [0.25, 0.3) is 10.1 Å². The predicted octanol–water partition coefficient (Wildman–Crippen LogP) is 1.39. The van der Waals surface area contributed by atoms with E-state index in [1.165, 1.54) is 6.08 Å². The van der Waals surface area contributed by atoms with Crippen LogP contribution in [0.3, 0.4) is 0 Å². The molecular formula is C8H10CaO3S. The number of hydrogen-bond donors (Lipinski definition) is 1. The van der Waals surface area contributed by atoms with Crippen LogP contribution in [0.4, 0.5) is 0 Å². The molecule has 1 N–H and O–H groups in total. The van der Waals surface area contributed by atoms with Crippen LogP contribution >= 0.6 is 0 Å². The van der Waals surface area contributed by atoms with E-state index in [1.54, 1.807) is 24.3 Å². The van der Waals surface area contributed by atoms with Gasteiger partial charge in [-0.05, 0) is 11.6 Å². The predicted molar refractivity (Wildman–Crippen MR) is 55.0 cm³/mol. The molecule has 0 saturated heterocycles. The minimum Gasteiger partial charge on any atom is -1.00 e. The molecule has 0 fully saturated rings. The average Bonchev–Trinajstić information content (AvgIpc) is 2.02. The van der Waals surface area contributed by atoms with Crippen molar-refractivity contribution >= 4 is 53.9 Å². The zero-order valence-electron chi connectivity index (χ0n) is 8.92. The fraction of sp³-hybridized carbons (Fsp3) is 0. The van der Waals surface area contributed by atoms with Gasteiger partial charge in [-0.15, -0.1) is 0 Å². The van der Waals surface area contributed by atoms with Crippen LogP contribution in [-0.4, -0.2) is 50.7 Å². The van der Waals surface area contributed by atoms with Crippen LogP contribution in [0.1, 0.15) is 8.42 Å². The van der Waals surface area contributed by atoms with Gasteiger partial charge in [-0.1, -0.05) is 30.3 Å². The van der Waals surface area contributed by atoms with Crippen LogP contribution < -0.4 is 0 Å². The molecule has 0 radical (unpaired) electrons. The molecule has 0 aromatic heterocycles. The Hall–Kier alpha value is 0.130. The smallest absolute Gasteiger partial charge is 1.00 e. The standard InChI is InChI=1S/C8H8O3S.Ca.2H/c9-12(10,11)7-6-8-4-2-1-3-5-8;;;/h1-7H,(H,9,10,11);;;/q;+2;2*-1. The minimum atomic E-state index is -4.00. The summed E-state index contributed by atoms with van der Waals surface area (Å²) in [4.78, 5) is 0. The molecule has 68 valence electrons. The first kappa shape index (κ1) is 13.1. The molecule has 1 aromatic rings. The van der Waals surface area contributed by atoms with Gasteiger partial charge in [0.2, 0.25) is 0 Å². The first-order valence-corrected chi connectivity index (χ1v) is 4.79. The maximum absolute atomic E-state index is 10.3. The molecule has 0 unspecified atom stereocenters. The monoisotopic (exact) mass is 226 g/mol. The van der Waals surface area contributed by atoms with Crippen LogP contribution in [0.15, 0.2) is 35.7 Å². The van der Waals surface area contributed by atoms with Crippen molar-refractivity contribution in [3.63, 3.8) is 0 Å². The van der Waals surface area contributed by atoms with Crippen molar-refractivity contribution in [3.8, 4) is 0 Å². The van der Waals surface area contributed by atoms with Gasteiger partial charge in [0.15, 0.2) is 0 Å². The molecule has 0 saturated carbocycles. The third-order valence-corrected chi connectivity index (χ3v) is 1.71. The van der Waals surface area contributed by atoms with Crippen molar-refractivity contribution in [2.24, 2.45) is 0 Å². The van der Waals surface area contributed by atoms with Gasteiger partial charge in [0.1, 0.15) is 0 Å². The molecule has 0 aliphatic carbocycles. The Bertz CT molecular complexity index is 378. The van der Waals surface area contributed by atoms with E-state index in [-0.39, 0.29) is 40.6 Å². The van der Waals surface area contributed by atoms with E-state index in [0.29, 0.717) is 0 Å². The summed E-state index contributed by atoms with van der Waals surface area (Å²) in [7, 11) is -4.00. The van der Waals surface area contributed by atoms with E-state index < -0.39 is 10.1 Å². The first-order valence-electron chi connectivity index (χ1n) is 3.28. The number of hydrogen-bond acceptors (Lipinski definition) is 2. The Balaban J connectivity index is -0.000000480. The summed E-state index contributed by atoms with van der Waals surface area (Å²) < 4.78 is 28.9. The van der Waals surface area contributed by atoms with Gasteiger partial charge >= 0.3 is 37.7 Å². The normalized spacial score (nSPS) is 11.2. The largest absolute Gasteiger partial charge is 2.00 e. The van der Waals surface area contributed by atoms with E-state index in [2.05, 4.69) is 0 Å². The topological polar surface area (TPSA) is 54.4 Å². The molecule has 0 aliphatic rings. The quantitative estimate of drug-likeness (QED) is 0.612. The molecule has 13 heavy (non-hydrogen) atoms. The third kappa shape index (κ3) is 6.23. The maximum Gasteiger partial charge on any atom is 2.00 e. The summed E-state index contributed by atoms with van der Waals surface area (Å²) >= 11 is 0. The summed E-state index contributed by atoms with van der Waals surface area (Å²) in [6.45, 7) is 0. The van der Waals surface area contributed by atoms with E-state index in [9.17, 15) is 8.42 Å². The Morgan fingerprint density at radius 3 is 2.23 bits per heavy atom. The molecule has 0 aliphatic heterocycles. The Morgan fingerprint density at radius 1 is 1.23 bits per heavy atom. The van der Waals surface area contributed by atoms with Gasteiger partial charge in [-0.25, -0.2) is 0 Å². The molecule has 0 bridgehead atoms. The number of rotatable bonds is 2. The summed E-state index contributed by atoms with van der Waals surface area (Å²) in [5.74, 6) is 0. The molecule has 0 atom stereocenters. The molecule has 5 heteroatoms. The minimum absolute atomic E-state index is 0. The fourth-order valence-electron chi connectivity index (χ4n) is 0.729. The third-order valence-electron chi connectivity index (χ3n) is 1.23. The van der Waals surface area contributed by atoms with Crippen molar-refractivity contribution in [2.45, 2.75) is 0 Å². The Labute approximate surface area is 110 Å². The molecular weight excluding hydrogens is 216 g/mol. The first-order chi connectivity index (χ1) is 5.58. The SMILES string of the molecule is O=S(=O)(O)C=Cc1ccccc1.[Ca+2].[H-].[H-]. The van der Waals surface area contributed by atoms with Gasteiger partial charge in [-0.3, -0.25) is 4.55 Å². The Morgan fingerprint density at radius 2 is 1.77 bits per heavy atom. The molecule has 0 spiro atoms. The molecule has 0 amide bonds. The van der Waals surface area contributed by atoms with E-state index in [1.807, 2.05) is 6.07 Å². The summed E-state index contributed by atoms with van der Waals surface area (Å²) in [6.07, 6.45) is 1.33. The van der Waals surface area contributed by atoms with Crippen molar-refractivity contribution in [2.75, 3.05) is 0 Å². The van der Waals surface area contributed by atoms with Crippen LogP contribution in [-0.2, 0) is 10.1 Å². The zero-order chi connectivity index (χ0) is 9.03. The van der Waals surface area contributed by atoms with Crippen LogP contribution in [0.2, 0.25) is 0 Å². The zero-order valence-corrected chi connectivity index (χ0v) is 9.95. The van der Waals surface area contributed by atoms with Crippen molar-refractivity contribution in [1.29, 1.82) is 0 Å². The van der Waals surface area contributed by atoms with Gasteiger partial charge in [-0.2, -0.15) is 8.42 Å². The fourth-order valence-corrected chi connectivity index (χ4v) is 1.06.